The smallest absolute Gasteiger partial charge is 0.387 e. The van der Waals surface area contributed by atoms with Crippen LogP contribution in [0, 0.1) is 5.92 Å². The first-order chi connectivity index (χ1) is 14.2. The second-order valence-corrected chi connectivity index (χ2v) is 7.14. The zero-order chi connectivity index (χ0) is 22.3. The number of rotatable bonds is 9. The highest BCUT2D eigenvalue weighted by Gasteiger charge is 2.27. The zero-order valence-electron chi connectivity index (χ0n) is 17.4. The Morgan fingerprint density at radius 3 is 2.07 bits per heavy atom. The van der Waals surface area contributed by atoms with Crippen molar-refractivity contribution in [3.8, 4) is 11.5 Å². The van der Waals surface area contributed by atoms with E-state index in [0.717, 1.165) is 5.56 Å². The number of hydrogen-bond acceptors (Lipinski definition) is 4. The molecule has 30 heavy (non-hydrogen) atoms. The predicted molar refractivity (Wildman–Crippen MR) is 109 cm³/mol. The maximum absolute atomic E-state index is 12.9. The highest BCUT2D eigenvalue weighted by molar-refractivity contribution is 5.97. The number of alkyl halides is 2. The van der Waals surface area contributed by atoms with Gasteiger partial charge in [0.25, 0.3) is 5.91 Å². The Morgan fingerprint density at radius 1 is 1.00 bits per heavy atom. The molecule has 0 fully saturated rings. The van der Waals surface area contributed by atoms with E-state index < -0.39 is 12.7 Å². The standard InChI is InChI=1S/C22H26F2N2O4/c1-14(2)19(25-20(27)16-7-11-17(29-4)12-8-16)21(28)26(3)13-15-5-9-18(10-6-15)30-22(23)24/h5-12,14,19,22H,13H2,1-4H3,(H,25,27). The third-order valence-corrected chi connectivity index (χ3v) is 4.52. The van der Waals surface area contributed by atoms with Crippen LogP contribution in [0.2, 0.25) is 0 Å². The molecule has 1 unspecified atom stereocenters. The van der Waals surface area contributed by atoms with Crippen molar-refractivity contribution in [3.05, 3.63) is 59.7 Å². The molecule has 0 heterocycles. The molecule has 6 nitrogen and oxygen atoms in total. The maximum atomic E-state index is 12.9. The minimum Gasteiger partial charge on any atom is -0.497 e. The van der Waals surface area contributed by atoms with Gasteiger partial charge in [0.2, 0.25) is 5.91 Å². The van der Waals surface area contributed by atoms with E-state index in [1.165, 1.54) is 24.1 Å². The number of amides is 2. The van der Waals surface area contributed by atoms with Gasteiger partial charge >= 0.3 is 6.61 Å². The third kappa shape index (κ3) is 6.43. The molecule has 0 radical (unpaired) electrons. The van der Waals surface area contributed by atoms with Crippen molar-refractivity contribution in [3.63, 3.8) is 0 Å². The lowest BCUT2D eigenvalue weighted by atomic mass is 10.0. The Balaban J connectivity index is 2.03. The lowest BCUT2D eigenvalue weighted by Crippen LogP contribution is -2.50. The van der Waals surface area contributed by atoms with Crippen LogP contribution in [0.5, 0.6) is 11.5 Å². The summed E-state index contributed by atoms with van der Waals surface area (Å²) in [6.45, 7) is 1.07. The van der Waals surface area contributed by atoms with Crippen LogP contribution in [0.4, 0.5) is 8.78 Å². The van der Waals surface area contributed by atoms with E-state index in [-0.39, 0.29) is 30.0 Å². The van der Waals surface area contributed by atoms with E-state index in [2.05, 4.69) is 10.1 Å². The minimum atomic E-state index is -2.89. The van der Waals surface area contributed by atoms with E-state index in [9.17, 15) is 18.4 Å². The molecule has 0 aliphatic rings. The minimum absolute atomic E-state index is 0.0505. The molecule has 1 atom stereocenters. The third-order valence-electron chi connectivity index (χ3n) is 4.52. The van der Waals surface area contributed by atoms with Gasteiger partial charge in [-0.1, -0.05) is 26.0 Å². The lowest BCUT2D eigenvalue weighted by molar-refractivity contribution is -0.133. The van der Waals surface area contributed by atoms with Crippen LogP contribution < -0.4 is 14.8 Å². The van der Waals surface area contributed by atoms with Crippen LogP contribution in [0.25, 0.3) is 0 Å². The fraction of sp³-hybridized carbons (Fsp3) is 0.364. The molecule has 0 aliphatic carbocycles. The summed E-state index contributed by atoms with van der Waals surface area (Å²) >= 11 is 0. The molecule has 0 saturated heterocycles. The Hall–Kier alpha value is -3.16. The van der Waals surface area contributed by atoms with Gasteiger partial charge in [0, 0.05) is 19.2 Å². The van der Waals surface area contributed by atoms with Crippen molar-refractivity contribution in [1.29, 1.82) is 0 Å². The topological polar surface area (TPSA) is 67.9 Å². The van der Waals surface area contributed by atoms with Crippen LogP contribution in [-0.2, 0) is 11.3 Å². The summed E-state index contributed by atoms with van der Waals surface area (Å²) in [6, 6.07) is 12.0. The van der Waals surface area contributed by atoms with E-state index in [1.807, 2.05) is 13.8 Å². The van der Waals surface area contributed by atoms with E-state index >= 15 is 0 Å². The van der Waals surface area contributed by atoms with Gasteiger partial charge in [-0.05, 0) is 47.9 Å². The average Bonchev–Trinajstić information content (AvgIpc) is 2.72. The van der Waals surface area contributed by atoms with Gasteiger partial charge in [-0.15, -0.1) is 0 Å². The largest absolute Gasteiger partial charge is 0.497 e. The van der Waals surface area contributed by atoms with Gasteiger partial charge in [-0.25, -0.2) is 0 Å². The highest BCUT2D eigenvalue weighted by atomic mass is 19.3. The molecule has 2 aromatic rings. The highest BCUT2D eigenvalue weighted by Crippen LogP contribution is 2.17. The number of halogens is 2. The monoisotopic (exact) mass is 420 g/mol. The molecule has 2 amide bonds. The summed E-state index contributed by atoms with van der Waals surface area (Å²) in [7, 11) is 3.17. The quantitative estimate of drug-likeness (QED) is 0.672. The van der Waals surface area contributed by atoms with Crippen molar-refractivity contribution in [2.75, 3.05) is 14.2 Å². The van der Waals surface area contributed by atoms with Gasteiger partial charge < -0.3 is 19.7 Å². The number of carbonyl (C=O) groups excluding carboxylic acids is 2. The summed E-state index contributed by atoms with van der Waals surface area (Å²) in [6.07, 6.45) is 0. The molecule has 0 aliphatic heterocycles. The predicted octanol–water partition coefficient (Wildman–Crippen LogP) is 3.71. The lowest BCUT2D eigenvalue weighted by Gasteiger charge is -2.27. The fourth-order valence-electron chi connectivity index (χ4n) is 2.85. The van der Waals surface area contributed by atoms with Gasteiger partial charge in [0.15, 0.2) is 0 Å². The SMILES string of the molecule is COc1ccc(C(=O)NC(C(=O)N(C)Cc2ccc(OC(F)F)cc2)C(C)C)cc1. The molecule has 2 aromatic carbocycles. The normalized spacial score (nSPS) is 11.9. The summed E-state index contributed by atoms with van der Waals surface area (Å²) in [5.41, 5.74) is 1.17. The molecule has 0 saturated carbocycles. The van der Waals surface area contributed by atoms with Gasteiger partial charge in [0.1, 0.15) is 17.5 Å². The number of likely N-dealkylation sites (N-methyl/N-ethyl adjacent to an activating group) is 1. The summed E-state index contributed by atoms with van der Waals surface area (Å²) in [5.74, 6) is -0.0578. The first-order valence-electron chi connectivity index (χ1n) is 9.45. The number of carbonyl (C=O) groups is 2. The van der Waals surface area contributed by atoms with Crippen LogP contribution in [-0.4, -0.2) is 43.5 Å². The number of methoxy groups -OCH3 is 1. The van der Waals surface area contributed by atoms with Gasteiger partial charge in [0.05, 0.1) is 7.11 Å². The Bertz CT molecular complexity index is 839. The van der Waals surface area contributed by atoms with Crippen LogP contribution in [0.3, 0.4) is 0 Å². The molecule has 0 bridgehead atoms. The molecule has 2 rings (SSSR count). The number of nitrogens with zero attached hydrogens (tertiary/aromatic N) is 1. The van der Waals surface area contributed by atoms with Crippen LogP contribution in [0.15, 0.2) is 48.5 Å². The molecular formula is C22H26F2N2O4. The Labute approximate surface area is 174 Å². The van der Waals surface area contributed by atoms with Crippen molar-refractivity contribution in [1.82, 2.24) is 10.2 Å². The van der Waals surface area contributed by atoms with Gasteiger partial charge in [-0.3, -0.25) is 9.59 Å². The maximum Gasteiger partial charge on any atom is 0.387 e. The van der Waals surface area contributed by atoms with E-state index in [4.69, 9.17) is 4.74 Å². The molecule has 162 valence electrons. The number of hydrogen-bond donors (Lipinski definition) is 1. The molecule has 8 heteroatoms. The first kappa shape index (κ1) is 23.1. The Morgan fingerprint density at radius 2 is 1.57 bits per heavy atom. The van der Waals surface area contributed by atoms with Crippen molar-refractivity contribution in [2.45, 2.75) is 33.0 Å². The van der Waals surface area contributed by atoms with Crippen molar-refractivity contribution >= 4 is 11.8 Å². The summed E-state index contributed by atoms with van der Waals surface area (Å²) in [4.78, 5) is 27.0. The van der Waals surface area contributed by atoms with Crippen molar-refractivity contribution in [2.24, 2.45) is 5.92 Å². The molecular weight excluding hydrogens is 394 g/mol. The van der Waals surface area contributed by atoms with Crippen LogP contribution in [0.1, 0.15) is 29.8 Å². The van der Waals surface area contributed by atoms with Crippen LogP contribution >= 0.6 is 0 Å². The van der Waals surface area contributed by atoms with Crippen molar-refractivity contribution < 1.29 is 27.8 Å². The number of nitrogens with one attached hydrogen (secondary N) is 1. The summed E-state index contributed by atoms with van der Waals surface area (Å²) in [5, 5.41) is 2.79. The first-order valence-corrected chi connectivity index (χ1v) is 9.45. The van der Waals surface area contributed by atoms with E-state index in [0.29, 0.717) is 11.3 Å². The molecule has 0 spiro atoms. The van der Waals surface area contributed by atoms with E-state index in [1.54, 1.807) is 43.4 Å². The summed E-state index contributed by atoms with van der Waals surface area (Å²) < 4.78 is 33.9. The number of benzene rings is 2. The second-order valence-electron chi connectivity index (χ2n) is 7.14. The zero-order valence-corrected chi connectivity index (χ0v) is 17.4. The Kier molecular flexibility index (Phi) is 8.15. The second kappa shape index (κ2) is 10.6. The van der Waals surface area contributed by atoms with Gasteiger partial charge in [-0.2, -0.15) is 8.78 Å². The fourth-order valence-corrected chi connectivity index (χ4v) is 2.85. The number of ether oxygens (including phenoxy) is 2. The molecule has 0 aromatic heterocycles. The average molecular weight is 420 g/mol. The molecule has 1 N–H and O–H groups in total.